The molecule has 0 fully saturated rings. The molecular formula is C14H14N2O2. The highest BCUT2D eigenvalue weighted by atomic mass is 16.5. The third-order valence-corrected chi connectivity index (χ3v) is 2.97. The fraction of sp³-hybridized carbons (Fsp3) is 0.214. The summed E-state index contributed by atoms with van der Waals surface area (Å²) in [7, 11) is 0. The zero-order valence-corrected chi connectivity index (χ0v) is 10.1. The third kappa shape index (κ3) is 1.97. The SMILES string of the molecule is Cc1cc(-c2ccc3c(c2)NCCO3)cc(=O)[nH]1. The molecule has 0 aliphatic carbocycles. The zero-order valence-electron chi connectivity index (χ0n) is 10.1. The smallest absolute Gasteiger partial charge is 0.248 e. The predicted molar refractivity (Wildman–Crippen MR) is 71.2 cm³/mol. The van der Waals surface area contributed by atoms with Crippen LogP contribution in [-0.4, -0.2) is 18.1 Å². The lowest BCUT2D eigenvalue weighted by Crippen LogP contribution is -2.17. The van der Waals surface area contributed by atoms with E-state index in [2.05, 4.69) is 10.3 Å². The van der Waals surface area contributed by atoms with Gasteiger partial charge < -0.3 is 15.0 Å². The highest BCUT2D eigenvalue weighted by molar-refractivity contribution is 5.72. The standard InChI is InChI=1S/C14H14N2O2/c1-9-6-11(8-14(17)16-9)10-2-3-13-12(7-10)15-4-5-18-13/h2-3,6-8,15H,4-5H2,1H3,(H,16,17). The Bertz CT molecular complexity index is 646. The lowest BCUT2D eigenvalue weighted by atomic mass is 10.0. The van der Waals surface area contributed by atoms with Gasteiger partial charge in [-0.05, 0) is 36.2 Å². The van der Waals surface area contributed by atoms with Crippen molar-refractivity contribution in [2.24, 2.45) is 0 Å². The highest BCUT2D eigenvalue weighted by Crippen LogP contribution is 2.31. The van der Waals surface area contributed by atoms with Gasteiger partial charge in [0.05, 0.1) is 5.69 Å². The van der Waals surface area contributed by atoms with Crippen molar-refractivity contribution in [3.05, 3.63) is 46.4 Å². The molecule has 18 heavy (non-hydrogen) atoms. The summed E-state index contributed by atoms with van der Waals surface area (Å²) in [5.41, 5.74) is 3.70. The predicted octanol–water partition coefficient (Wildman–Crippen LogP) is 2.15. The van der Waals surface area contributed by atoms with Crippen LogP contribution in [0, 0.1) is 6.92 Å². The van der Waals surface area contributed by atoms with Crippen LogP contribution in [0.25, 0.3) is 11.1 Å². The molecule has 0 unspecified atom stereocenters. The molecule has 1 aromatic heterocycles. The van der Waals surface area contributed by atoms with Crippen molar-refractivity contribution in [2.75, 3.05) is 18.5 Å². The minimum absolute atomic E-state index is 0.0769. The molecule has 2 N–H and O–H groups in total. The number of aryl methyl sites for hydroxylation is 1. The van der Waals surface area contributed by atoms with Crippen LogP contribution in [-0.2, 0) is 0 Å². The van der Waals surface area contributed by atoms with Crippen molar-refractivity contribution in [2.45, 2.75) is 6.92 Å². The summed E-state index contributed by atoms with van der Waals surface area (Å²) in [5, 5.41) is 3.29. The Kier molecular flexibility index (Phi) is 2.55. The van der Waals surface area contributed by atoms with Crippen LogP contribution in [0.3, 0.4) is 0 Å². The maximum atomic E-state index is 11.5. The lowest BCUT2D eigenvalue weighted by Gasteiger charge is -2.19. The third-order valence-electron chi connectivity index (χ3n) is 2.97. The van der Waals surface area contributed by atoms with Gasteiger partial charge in [-0.2, -0.15) is 0 Å². The Hall–Kier alpha value is -2.23. The molecule has 0 spiro atoms. The van der Waals surface area contributed by atoms with Crippen LogP contribution < -0.4 is 15.6 Å². The summed E-state index contributed by atoms with van der Waals surface area (Å²) < 4.78 is 5.53. The van der Waals surface area contributed by atoms with E-state index in [1.165, 1.54) is 0 Å². The Balaban J connectivity index is 2.08. The molecule has 0 amide bonds. The second-order valence-corrected chi connectivity index (χ2v) is 4.40. The van der Waals surface area contributed by atoms with E-state index in [9.17, 15) is 4.79 Å². The first kappa shape index (κ1) is 10.9. The molecule has 1 aromatic carbocycles. The van der Waals surface area contributed by atoms with Gasteiger partial charge in [0.15, 0.2) is 0 Å². The van der Waals surface area contributed by atoms with Gasteiger partial charge in [0.25, 0.3) is 0 Å². The van der Waals surface area contributed by atoms with Gasteiger partial charge in [-0.3, -0.25) is 4.79 Å². The van der Waals surface area contributed by atoms with E-state index in [1.54, 1.807) is 6.07 Å². The van der Waals surface area contributed by atoms with Crippen LogP contribution in [0.4, 0.5) is 5.69 Å². The van der Waals surface area contributed by atoms with Crippen molar-refractivity contribution in [3.63, 3.8) is 0 Å². The van der Waals surface area contributed by atoms with Gasteiger partial charge >= 0.3 is 0 Å². The fourth-order valence-corrected chi connectivity index (χ4v) is 2.17. The monoisotopic (exact) mass is 242 g/mol. The Morgan fingerprint density at radius 2 is 2.06 bits per heavy atom. The molecule has 1 aliphatic rings. The van der Waals surface area contributed by atoms with Crippen molar-refractivity contribution < 1.29 is 4.74 Å². The first-order chi connectivity index (χ1) is 8.72. The van der Waals surface area contributed by atoms with Crippen LogP contribution in [0.5, 0.6) is 5.75 Å². The van der Waals surface area contributed by atoms with Gasteiger partial charge in [0.1, 0.15) is 12.4 Å². The normalized spacial score (nSPS) is 13.4. The van der Waals surface area contributed by atoms with Crippen molar-refractivity contribution in [1.82, 2.24) is 4.98 Å². The maximum Gasteiger partial charge on any atom is 0.248 e. The molecule has 4 heteroatoms. The van der Waals surface area contributed by atoms with E-state index in [-0.39, 0.29) is 5.56 Å². The summed E-state index contributed by atoms with van der Waals surface area (Å²) in [6, 6.07) is 9.50. The molecule has 0 bridgehead atoms. The van der Waals surface area contributed by atoms with E-state index in [0.717, 1.165) is 34.8 Å². The molecular weight excluding hydrogens is 228 g/mol. The van der Waals surface area contributed by atoms with E-state index in [0.29, 0.717) is 6.61 Å². The van der Waals surface area contributed by atoms with Crippen LogP contribution in [0.15, 0.2) is 35.1 Å². The molecule has 0 saturated heterocycles. The van der Waals surface area contributed by atoms with Gasteiger partial charge in [-0.25, -0.2) is 0 Å². The zero-order chi connectivity index (χ0) is 12.5. The molecule has 4 nitrogen and oxygen atoms in total. The van der Waals surface area contributed by atoms with Crippen LogP contribution >= 0.6 is 0 Å². The number of aromatic amines is 1. The number of rotatable bonds is 1. The van der Waals surface area contributed by atoms with E-state index in [4.69, 9.17) is 4.74 Å². The lowest BCUT2D eigenvalue weighted by molar-refractivity contribution is 0.323. The maximum absolute atomic E-state index is 11.5. The van der Waals surface area contributed by atoms with Crippen molar-refractivity contribution >= 4 is 5.69 Å². The molecule has 92 valence electrons. The Labute approximate surface area is 105 Å². The number of hydrogen-bond acceptors (Lipinski definition) is 3. The summed E-state index contributed by atoms with van der Waals surface area (Å²) in [5.74, 6) is 0.867. The molecule has 0 atom stereocenters. The molecule has 2 aromatic rings. The number of hydrogen-bond donors (Lipinski definition) is 2. The van der Waals surface area contributed by atoms with E-state index >= 15 is 0 Å². The highest BCUT2D eigenvalue weighted by Gasteiger charge is 2.10. The summed E-state index contributed by atoms with van der Waals surface area (Å²) in [4.78, 5) is 14.2. The Morgan fingerprint density at radius 1 is 1.17 bits per heavy atom. The molecule has 0 saturated carbocycles. The van der Waals surface area contributed by atoms with Gasteiger partial charge in [-0.15, -0.1) is 0 Å². The number of benzene rings is 1. The number of aromatic nitrogens is 1. The van der Waals surface area contributed by atoms with E-state index < -0.39 is 0 Å². The van der Waals surface area contributed by atoms with Gasteiger partial charge in [0, 0.05) is 18.3 Å². The second kappa shape index (κ2) is 4.22. The number of anilines is 1. The minimum Gasteiger partial charge on any atom is -0.490 e. The number of pyridine rings is 1. The first-order valence-corrected chi connectivity index (χ1v) is 5.94. The number of fused-ring (bicyclic) bond motifs is 1. The second-order valence-electron chi connectivity index (χ2n) is 4.40. The van der Waals surface area contributed by atoms with Gasteiger partial charge in [-0.1, -0.05) is 6.07 Å². The van der Waals surface area contributed by atoms with Crippen molar-refractivity contribution in [3.8, 4) is 16.9 Å². The van der Waals surface area contributed by atoms with Gasteiger partial charge in [0.2, 0.25) is 5.56 Å². The van der Waals surface area contributed by atoms with E-state index in [1.807, 2.05) is 31.2 Å². The van der Waals surface area contributed by atoms with Crippen LogP contribution in [0.2, 0.25) is 0 Å². The minimum atomic E-state index is -0.0769. The number of nitrogens with one attached hydrogen (secondary N) is 2. The number of H-pyrrole nitrogens is 1. The first-order valence-electron chi connectivity index (χ1n) is 5.94. The fourth-order valence-electron chi connectivity index (χ4n) is 2.17. The van der Waals surface area contributed by atoms with Crippen LogP contribution in [0.1, 0.15) is 5.69 Å². The average molecular weight is 242 g/mol. The molecule has 2 heterocycles. The largest absolute Gasteiger partial charge is 0.490 e. The summed E-state index contributed by atoms with van der Waals surface area (Å²) in [6.07, 6.45) is 0. The average Bonchev–Trinajstić information content (AvgIpc) is 2.37. The molecule has 0 radical (unpaired) electrons. The molecule has 1 aliphatic heterocycles. The molecule has 3 rings (SSSR count). The summed E-state index contributed by atoms with van der Waals surface area (Å²) in [6.45, 7) is 3.38. The summed E-state index contributed by atoms with van der Waals surface area (Å²) >= 11 is 0. The number of ether oxygens (including phenoxy) is 1. The quantitative estimate of drug-likeness (QED) is 0.805. The van der Waals surface area contributed by atoms with Crippen molar-refractivity contribution in [1.29, 1.82) is 0 Å². The Morgan fingerprint density at radius 3 is 2.89 bits per heavy atom. The topological polar surface area (TPSA) is 54.1 Å².